The van der Waals surface area contributed by atoms with E-state index in [1.165, 1.54) is 32.1 Å². The molecule has 57 heavy (non-hydrogen) atoms. The second-order valence-corrected chi connectivity index (χ2v) is 15.0. The zero-order valence-corrected chi connectivity index (χ0v) is 36.8. The number of carbonyl (C=O) groups excluding carboxylic acids is 3. The van der Waals surface area contributed by atoms with Crippen molar-refractivity contribution in [1.82, 2.24) is 0 Å². The van der Waals surface area contributed by atoms with Gasteiger partial charge in [0.2, 0.25) is 0 Å². The summed E-state index contributed by atoms with van der Waals surface area (Å²) in [5.41, 5.74) is 0. The van der Waals surface area contributed by atoms with Crippen LogP contribution in [0.1, 0.15) is 201 Å². The van der Waals surface area contributed by atoms with Crippen molar-refractivity contribution in [2.75, 3.05) is 13.2 Å². The molecule has 0 fully saturated rings. The van der Waals surface area contributed by atoms with Crippen LogP contribution in [-0.2, 0) is 28.6 Å². The Bertz CT molecular complexity index is 1140. The van der Waals surface area contributed by atoms with Gasteiger partial charge < -0.3 is 14.2 Å². The molecule has 0 radical (unpaired) electrons. The van der Waals surface area contributed by atoms with Gasteiger partial charge in [0.05, 0.1) is 0 Å². The van der Waals surface area contributed by atoms with Crippen molar-refractivity contribution in [2.24, 2.45) is 0 Å². The molecular formula is C51H84O6. The first-order valence-corrected chi connectivity index (χ1v) is 23.1. The molecule has 6 heteroatoms. The van der Waals surface area contributed by atoms with Crippen LogP contribution < -0.4 is 0 Å². The van der Waals surface area contributed by atoms with Crippen LogP contribution in [0.3, 0.4) is 0 Å². The number of esters is 3. The molecule has 0 spiro atoms. The van der Waals surface area contributed by atoms with Gasteiger partial charge in [0.15, 0.2) is 6.10 Å². The molecule has 0 heterocycles. The first kappa shape index (κ1) is 53.6. The fourth-order valence-electron chi connectivity index (χ4n) is 5.98. The molecule has 1 unspecified atom stereocenters. The lowest BCUT2D eigenvalue weighted by molar-refractivity contribution is -0.167. The Balaban J connectivity index is 4.48. The highest BCUT2D eigenvalue weighted by Crippen LogP contribution is 2.13. The maximum absolute atomic E-state index is 12.7. The topological polar surface area (TPSA) is 78.9 Å². The van der Waals surface area contributed by atoms with E-state index in [-0.39, 0.29) is 31.1 Å². The maximum Gasteiger partial charge on any atom is 0.306 e. The van der Waals surface area contributed by atoms with Crippen molar-refractivity contribution in [2.45, 2.75) is 207 Å². The molecule has 324 valence electrons. The largest absolute Gasteiger partial charge is 0.462 e. The predicted octanol–water partition coefficient (Wildman–Crippen LogP) is 14.9. The highest BCUT2D eigenvalue weighted by molar-refractivity contribution is 5.71. The molecule has 0 saturated carbocycles. The summed E-state index contributed by atoms with van der Waals surface area (Å²) in [7, 11) is 0. The summed E-state index contributed by atoms with van der Waals surface area (Å²) in [4.78, 5) is 37.8. The average molecular weight is 793 g/mol. The number of hydrogen-bond acceptors (Lipinski definition) is 6. The van der Waals surface area contributed by atoms with Crippen LogP contribution in [0, 0.1) is 0 Å². The van der Waals surface area contributed by atoms with Crippen molar-refractivity contribution in [1.29, 1.82) is 0 Å². The van der Waals surface area contributed by atoms with Crippen LogP contribution in [0.5, 0.6) is 0 Å². The van der Waals surface area contributed by atoms with E-state index in [0.717, 1.165) is 128 Å². The van der Waals surface area contributed by atoms with E-state index in [0.29, 0.717) is 19.3 Å². The van der Waals surface area contributed by atoms with Crippen LogP contribution in [-0.4, -0.2) is 37.2 Å². The molecule has 0 aliphatic heterocycles. The number of ether oxygens (including phenoxy) is 3. The number of unbranched alkanes of at least 4 members (excludes halogenated alkanes) is 17. The molecule has 6 nitrogen and oxygen atoms in total. The predicted molar refractivity (Wildman–Crippen MR) is 242 cm³/mol. The molecule has 1 atom stereocenters. The smallest absolute Gasteiger partial charge is 0.306 e. The van der Waals surface area contributed by atoms with Crippen molar-refractivity contribution < 1.29 is 28.6 Å². The standard InChI is InChI=1S/C51H84O6/c1-4-7-10-13-16-19-22-25-27-29-32-35-38-41-44-50(53)56-47-48(46-55-49(52)43-40-37-34-31-28-24-21-18-15-12-9-6-3)57-51(54)45-42-39-36-33-30-26-23-20-17-14-11-8-5-2/h7-8,10-11,14,16-21,23,25,27,48H,4-6,9,12-13,15,22,24,26,28-47H2,1-3H3/b10-7-,11-8-,17-14-,19-16-,21-18-,23-20-,27-25-. The summed E-state index contributed by atoms with van der Waals surface area (Å²) in [5.74, 6) is -0.958. The van der Waals surface area contributed by atoms with Crippen molar-refractivity contribution >= 4 is 17.9 Å². The van der Waals surface area contributed by atoms with Gasteiger partial charge in [-0.1, -0.05) is 170 Å². The third-order valence-electron chi connectivity index (χ3n) is 9.43. The molecule has 0 aromatic rings. The highest BCUT2D eigenvalue weighted by atomic mass is 16.6. The Morgan fingerprint density at radius 1 is 0.386 bits per heavy atom. The molecule has 0 aromatic carbocycles. The Morgan fingerprint density at radius 2 is 0.772 bits per heavy atom. The van der Waals surface area contributed by atoms with Gasteiger partial charge in [0, 0.05) is 19.3 Å². The summed E-state index contributed by atoms with van der Waals surface area (Å²) < 4.78 is 16.7. The average Bonchev–Trinajstić information content (AvgIpc) is 3.21. The molecule has 0 aromatic heterocycles. The first-order chi connectivity index (χ1) is 28.0. The maximum atomic E-state index is 12.7. The number of carbonyl (C=O) groups is 3. The minimum absolute atomic E-state index is 0.0980. The molecule has 0 saturated heterocycles. The van der Waals surface area contributed by atoms with Crippen LogP contribution in [0.15, 0.2) is 85.1 Å². The van der Waals surface area contributed by atoms with Gasteiger partial charge in [0.25, 0.3) is 0 Å². The van der Waals surface area contributed by atoms with Crippen LogP contribution in [0.4, 0.5) is 0 Å². The van der Waals surface area contributed by atoms with E-state index in [1.807, 2.05) is 6.08 Å². The van der Waals surface area contributed by atoms with E-state index in [9.17, 15) is 14.4 Å². The Morgan fingerprint density at radius 3 is 1.28 bits per heavy atom. The summed E-state index contributed by atoms with van der Waals surface area (Å²) in [6.07, 6.45) is 57.0. The quantitative estimate of drug-likeness (QED) is 0.0202. The van der Waals surface area contributed by atoms with E-state index >= 15 is 0 Å². The van der Waals surface area contributed by atoms with Gasteiger partial charge in [-0.05, 0) is 96.3 Å². The summed E-state index contributed by atoms with van der Waals surface area (Å²) in [5, 5.41) is 0. The van der Waals surface area contributed by atoms with E-state index in [2.05, 4.69) is 99.8 Å². The van der Waals surface area contributed by atoms with Crippen molar-refractivity contribution in [3.05, 3.63) is 85.1 Å². The number of hydrogen-bond donors (Lipinski definition) is 0. The second kappa shape index (κ2) is 45.3. The van der Waals surface area contributed by atoms with Crippen LogP contribution in [0.2, 0.25) is 0 Å². The number of rotatable bonds is 40. The number of allylic oxidation sites excluding steroid dienone is 14. The molecule has 0 aliphatic rings. The first-order valence-electron chi connectivity index (χ1n) is 23.1. The SMILES string of the molecule is CC\C=C/C=C\C=C/CCCCCCCC(=O)OC(COC(=O)CCCCCC/C=C\C/C=C\C/C=C\CC)COC(=O)CCCCCCC/C=C\CCCCC. The van der Waals surface area contributed by atoms with Gasteiger partial charge in [0.1, 0.15) is 13.2 Å². The van der Waals surface area contributed by atoms with E-state index in [1.54, 1.807) is 0 Å². The van der Waals surface area contributed by atoms with Gasteiger partial charge in [-0.25, -0.2) is 0 Å². The minimum Gasteiger partial charge on any atom is -0.462 e. The van der Waals surface area contributed by atoms with Crippen LogP contribution in [0.25, 0.3) is 0 Å². The van der Waals surface area contributed by atoms with E-state index in [4.69, 9.17) is 14.2 Å². The highest BCUT2D eigenvalue weighted by Gasteiger charge is 2.19. The molecule has 0 N–H and O–H groups in total. The zero-order valence-electron chi connectivity index (χ0n) is 36.8. The minimum atomic E-state index is -0.798. The van der Waals surface area contributed by atoms with Crippen molar-refractivity contribution in [3.63, 3.8) is 0 Å². The Kier molecular flexibility index (Phi) is 42.6. The molecular weight excluding hydrogens is 709 g/mol. The second-order valence-electron chi connectivity index (χ2n) is 15.0. The van der Waals surface area contributed by atoms with Gasteiger partial charge >= 0.3 is 17.9 Å². The summed E-state index contributed by atoms with van der Waals surface area (Å²) in [6, 6.07) is 0. The summed E-state index contributed by atoms with van der Waals surface area (Å²) >= 11 is 0. The summed E-state index contributed by atoms with van der Waals surface area (Å²) in [6.45, 7) is 6.30. The lowest BCUT2D eigenvalue weighted by Crippen LogP contribution is -2.30. The van der Waals surface area contributed by atoms with Crippen LogP contribution >= 0.6 is 0 Å². The van der Waals surface area contributed by atoms with Gasteiger partial charge in [-0.15, -0.1) is 0 Å². The Labute approximate surface area is 350 Å². The fraction of sp³-hybridized carbons (Fsp3) is 0.667. The monoisotopic (exact) mass is 793 g/mol. The van der Waals surface area contributed by atoms with Crippen molar-refractivity contribution in [3.8, 4) is 0 Å². The lowest BCUT2D eigenvalue weighted by Gasteiger charge is -2.18. The fourth-order valence-corrected chi connectivity index (χ4v) is 5.98. The van der Waals surface area contributed by atoms with Gasteiger partial charge in [-0.3, -0.25) is 14.4 Å². The third-order valence-corrected chi connectivity index (χ3v) is 9.43. The zero-order chi connectivity index (χ0) is 41.5. The van der Waals surface area contributed by atoms with Gasteiger partial charge in [-0.2, -0.15) is 0 Å². The van der Waals surface area contributed by atoms with E-state index < -0.39 is 6.10 Å². The molecule has 0 amide bonds. The molecule has 0 aliphatic carbocycles. The third kappa shape index (κ3) is 43.6. The molecule has 0 rings (SSSR count). The normalized spacial score (nSPS) is 12.8. The Hall–Kier alpha value is -3.41. The lowest BCUT2D eigenvalue weighted by atomic mass is 10.1. The molecule has 0 bridgehead atoms.